The van der Waals surface area contributed by atoms with Crippen molar-refractivity contribution >= 4 is 23.3 Å². The Kier molecular flexibility index (Phi) is 6.44. The molecule has 1 aliphatic carbocycles. The Bertz CT molecular complexity index is 920. The molecule has 150 valence electrons. The number of nitrogens with one attached hydrogen (secondary N) is 2. The van der Waals surface area contributed by atoms with Crippen LogP contribution in [0, 0.1) is 11.3 Å². The van der Waals surface area contributed by atoms with Gasteiger partial charge in [-0.2, -0.15) is 0 Å². The van der Waals surface area contributed by atoms with Crippen LogP contribution < -0.4 is 16.0 Å². The summed E-state index contributed by atoms with van der Waals surface area (Å²) in [5, 5.41) is 10.4. The van der Waals surface area contributed by atoms with Crippen molar-refractivity contribution in [3.05, 3.63) is 77.4 Å². The lowest BCUT2D eigenvalue weighted by Gasteiger charge is -2.24. The summed E-state index contributed by atoms with van der Waals surface area (Å²) in [6.45, 7) is 2.84. The van der Waals surface area contributed by atoms with E-state index in [4.69, 9.17) is 11.1 Å². The van der Waals surface area contributed by atoms with Crippen LogP contribution in [0.2, 0.25) is 0 Å². The van der Waals surface area contributed by atoms with E-state index in [0.717, 1.165) is 17.7 Å². The van der Waals surface area contributed by atoms with Gasteiger partial charge in [-0.1, -0.05) is 48.5 Å². The first-order valence-electron chi connectivity index (χ1n) is 9.79. The van der Waals surface area contributed by atoms with Crippen LogP contribution in [-0.2, 0) is 16.1 Å². The van der Waals surface area contributed by atoms with Crippen molar-refractivity contribution in [3.8, 4) is 0 Å². The van der Waals surface area contributed by atoms with E-state index in [-0.39, 0.29) is 17.6 Å². The number of nitrogens with zero attached hydrogens (tertiary/aromatic N) is 1. The van der Waals surface area contributed by atoms with Gasteiger partial charge in [0, 0.05) is 29.9 Å². The summed E-state index contributed by atoms with van der Waals surface area (Å²) < 4.78 is 0. The van der Waals surface area contributed by atoms with Gasteiger partial charge in [-0.3, -0.25) is 15.0 Å². The largest absolute Gasteiger partial charge is 0.384 e. The highest BCUT2D eigenvalue weighted by molar-refractivity contribution is 6.09. The topological polar surface area (TPSA) is 99.3 Å². The first kappa shape index (κ1) is 20.3. The number of nitrogen functional groups attached to an aromatic ring is 1. The summed E-state index contributed by atoms with van der Waals surface area (Å²) in [5.74, 6) is -0.667. The zero-order chi connectivity index (χ0) is 20.8. The number of amidine groups is 1. The van der Waals surface area contributed by atoms with Gasteiger partial charge in [-0.15, -0.1) is 0 Å². The molecule has 1 atom stereocenters. The van der Waals surface area contributed by atoms with Crippen LogP contribution in [-0.4, -0.2) is 24.2 Å². The minimum atomic E-state index is -0.434. The lowest BCUT2D eigenvalue weighted by molar-refractivity contribution is -0.126. The number of carbonyl (C=O) groups is 2. The molecule has 1 aliphatic rings. The van der Waals surface area contributed by atoms with E-state index in [1.165, 1.54) is 0 Å². The van der Waals surface area contributed by atoms with E-state index in [0.29, 0.717) is 30.6 Å². The van der Waals surface area contributed by atoms with Gasteiger partial charge in [-0.25, -0.2) is 0 Å². The number of allylic oxidation sites excluding steroid dienone is 1. The van der Waals surface area contributed by atoms with Gasteiger partial charge >= 0.3 is 0 Å². The molecule has 0 aliphatic heterocycles. The average molecular weight is 390 g/mol. The maximum Gasteiger partial charge on any atom is 0.254 e. The molecule has 0 fully saturated rings. The molecule has 4 N–H and O–H groups in total. The molecule has 0 spiro atoms. The summed E-state index contributed by atoms with van der Waals surface area (Å²) in [5.41, 5.74) is 8.42. The van der Waals surface area contributed by atoms with Crippen molar-refractivity contribution in [1.82, 2.24) is 5.32 Å². The summed E-state index contributed by atoms with van der Waals surface area (Å²) in [4.78, 5) is 27.6. The summed E-state index contributed by atoms with van der Waals surface area (Å²) in [7, 11) is 0. The van der Waals surface area contributed by atoms with Gasteiger partial charge < -0.3 is 16.0 Å². The van der Waals surface area contributed by atoms with Gasteiger partial charge in [0.25, 0.3) is 5.91 Å². The van der Waals surface area contributed by atoms with Crippen LogP contribution in [0.1, 0.15) is 30.9 Å². The highest BCUT2D eigenvalue weighted by Gasteiger charge is 2.33. The molecule has 2 aromatic carbocycles. The Balaban J connectivity index is 1.65. The Labute approximate surface area is 170 Å². The maximum absolute atomic E-state index is 13.1. The number of rotatable bonds is 7. The van der Waals surface area contributed by atoms with E-state index in [2.05, 4.69) is 5.32 Å². The van der Waals surface area contributed by atoms with Crippen LogP contribution in [0.25, 0.3) is 0 Å². The molecule has 0 saturated heterocycles. The predicted molar refractivity (Wildman–Crippen MR) is 115 cm³/mol. The molecular weight excluding hydrogens is 364 g/mol. The minimum Gasteiger partial charge on any atom is -0.384 e. The molecule has 2 amide bonds. The quantitative estimate of drug-likeness (QED) is 0.501. The van der Waals surface area contributed by atoms with Crippen molar-refractivity contribution in [2.75, 3.05) is 11.4 Å². The summed E-state index contributed by atoms with van der Waals surface area (Å²) >= 11 is 0. The standard InChI is InChI=1S/C23H26N4O2/c1-2-27(18-7-4-3-5-8-18)23(29)20-10-6-9-19(20)22(28)26-15-16-11-13-17(14-12-16)21(24)25/h3-5,7-8,10-14,19H,2,6,9,15H2,1H3,(H3,24,25)(H,26,28). The van der Waals surface area contributed by atoms with Gasteiger partial charge in [0.1, 0.15) is 5.84 Å². The van der Waals surface area contributed by atoms with Gasteiger partial charge in [0.05, 0.1) is 5.92 Å². The second-order valence-corrected chi connectivity index (χ2v) is 7.00. The van der Waals surface area contributed by atoms with E-state index < -0.39 is 5.92 Å². The van der Waals surface area contributed by atoms with Crippen molar-refractivity contribution < 1.29 is 9.59 Å². The fraction of sp³-hybridized carbons (Fsp3) is 0.261. The third kappa shape index (κ3) is 4.71. The van der Waals surface area contributed by atoms with Crippen molar-refractivity contribution in [3.63, 3.8) is 0 Å². The summed E-state index contributed by atoms with van der Waals surface area (Å²) in [6, 6.07) is 16.7. The molecule has 0 saturated carbocycles. The minimum absolute atomic E-state index is 0.0127. The van der Waals surface area contributed by atoms with Gasteiger partial charge in [0.2, 0.25) is 5.91 Å². The van der Waals surface area contributed by atoms with Crippen molar-refractivity contribution in [2.24, 2.45) is 11.7 Å². The van der Waals surface area contributed by atoms with E-state index in [9.17, 15) is 9.59 Å². The lowest BCUT2D eigenvalue weighted by atomic mass is 9.98. The number of likely N-dealkylation sites (N-methyl/N-ethyl adjacent to an activating group) is 1. The normalized spacial score (nSPS) is 15.5. The fourth-order valence-corrected chi connectivity index (χ4v) is 3.53. The molecule has 2 aromatic rings. The lowest BCUT2D eigenvalue weighted by Crippen LogP contribution is -2.38. The van der Waals surface area contributed by atoms with E-state index in [1.807, 2.05) is 55.5 Å². The number of nitrogens with two attached hydrogens (primary N) is 1. The molecule has 6 nitrogen and oxygen atoms in total. The SMILES string of the molecule is CCN(C(=O)C1=CCCC1C(=O)NCc1ccc(C(=N)N)cc1)c1ccccc1. The first-order valence-corrected chi connectivity index (χ1v) is 9.79. The Morgan fingerprint density at radius 2 is 1.83 bits per heavy atom. The van der Waals surface area contributed by atoms with Crippen LogP contribution in [0.5, 0.6) is 0 Å². The highest BCUT2D eigenvalue weighted by Crippen LogP contribution is 2.29. The number of anilines is 1. The van der Waals surface area contributed by atoms with Crippen molar-refractivity contribution in [2.45, 2.75) is 26.3 Å². The second kappa shape index (κ2) is 9.19. The number of hydrogen-bond acceptors (Lipinski definition) is 3. The predicted octanol–water partition coefficient (Wildman–Crippen LogP) is 2.98. The third-order valence-corrected chi connectivity index (χ3v) is 5.12. The van der Waals surface area contributed by atoms with Gasteiger partial charge in [0.15, 0.2) is 0 Å². The maximum atomic E-state index is 13.1. The number of hydrogen-bond donors (Lipinski definition) is 3. The number of carbonyl (C=O) groups excluding carboxylic acids is 2. The zero-order valence-corrected chi connectivity index (χ0v) is 16.5. The molecule has 29 heavy (non-hydrogen) atoms. The van der Waals surface area contributed by atoms with Crippen LogP contribution >= 0.6 is 0 Å². The van der Waals surface area contributed by atoms with Gasteiger partial charge in [-0.05, 0) is 37.5 Å². The zero-order valence-electron chi connectivity index (χ0n) is 16.5. The smallest absolute Gasteiger partial charge is 0.254 e. The first-order chi connectivity index (χ1) is 14.0. The Hall–Kier alpha value is -3.41. The monoisotopic (exact) mass is 390 g/mol. The average Bonchev–Trinajstić information content (AvgIpc) is 3.23. The Morgan fingerprint density at radius 3 is 2.45 bits per heavy atom. The van der Waals surface area contributed by atoms with Crippen LogP contribution in [0.4, 0.5) is 5.69 Å². The molecule has 1 unspecified atom stereocenters. The fourth-order valence-electron chi connectivity index (χ4n) is 3.53. The molecule has 0 bridgehead atoms. The second-order valence-electron chi connectivity index (χ2n) is 7.00. The molecule has 3 rings (SSSR count). The third-order valence-electron chi connectivity index (χ3n) is 5.12. The molecule has 6 heteroatoms. The van der Waals surface area contributed by atoms with Crippen LogP contribution in [0.3, 0.4) is 0 Å². The number of benzene rings is 2. The molecule has 0 radical (unpaired) electrons. The molecule has 0 heterocycles. The Morgan fingerprint density at radius 1 is 1.14 bits per heavy atom. The number of amides is 2. The van der Waals surface area contributed by atoms with E-state index >= 15 is 0 Å². The highest BCUT2D eigenvalue weighted by atomic mass is 16.2. The number of para-hydroxylation sites is 1. The van der Waals surface area contributed by atoms with E-state index in [1.54, 1.807) is 17.0 Å². The molecular formula is C23H26N4O2. The van der Waals surface area contributed by atoms with Crippen LogP contribution in [0.15, 0.2) is 66.2 Å². The summed E-state index contributed by atoms with van der Waals surface area (Å²) in [6.07, 6.45) is 3.25. The van der Waals surface area contributed by atoms with Crippen molar-refractivity contribution in [1.29, 1.82) is 5.41 Å². The molecule has 0 aromatic heterocycles.